The lowest BCUT2D eigenvalue weighted by molar-refractivity contribution is 0.676. The van der Waals surface area contributed by atoms with Gasteiger partial charge in [-0.1, -0.05) is 6.92 Å². The molecule has 2 N–H and O–H groups in total. The maximum absolute atomic E-state index is 5.70. The van der Waals surface area contributed by atoms with Crippen molar-refractivity contribution in [3.05, 3.63) is 21.4 Å². The zero-order valence-corrected chi connectivity index (χ0v) is 8.99. The van der Waals surface area contributed by atoms with Crippen molar-refractivity contribution in [2.45, 2.75) is 38.5 Å². The Bertz CT molecular complexity index is 290. The second-order valence-electron chi connectivity index (χ2n) is 3.94. The van der Waals surface area contributed by atoms with Gasteiger partial charge in [-0.3, -0.25) is 0 Å². The van der Waals surface area contributed by atoms with E-state index < -0.39 is 0 Å². The highest BCUT2D eigenvalue weighted by atomic mass is 32.1. The van der Waals surface area contributed by atoms with Gasteiger partial charge in [0.05, 0.1) is 0 Å². The van der Waals surface area contributed by atoms with Gasteiger partial charge < -0.3 is 5.73 Å². The molecule has 1 aliphatic carbocycles. The SMILES string of the molecule is CC(CN)c1csc2c1CCCC2. The quantitative estimate of drug-likeness (QED) is 0.771. The number of hydrogen-bond donors (Lipinski definition) is 1. The Kier molecular flexibility index (Phi) is 2.70. The molecule has 2 heteroatoms. The van der Waals surface area contributed by atoms with Crippen LogP contribution < -0.4 is 5.73 Å². The molecule has 0 radical (unpaired) electrons. The molecule has 0 fully saturated rings. The summed E-state index contributed by atoms with van der Waals surface area (Å²) in [5, 5.41) is 2.33. The highest BCUT2D eigenvalue weighted by molar-refractivity contribution is 7.10. The molecule has 1 nitrogen and oxygen atoms in total. The fourth-order valence-corrected chi connectivity index (χ4v) is 3.33. The molecule has 1 aromatic rings. The molecule has 1 aromatic heterocycles. The van der Waals surface area contributed by atoms with Gasteiger partial charge in [0, 0.05) is 4.88 Å². The minimum absolute atomic E-state index is 0.554. The van der Waals surface area contributed by atoms with E-state index in [-0.39, 0.29) is 0 Å². The first kappa shape index (κ1) is 9.22. The van der Waals surface area contributed by atoms with Gasteiger partial charge in [0.25, 0.3) is 0 Å². The zero-order valence-electron chi connectivity index (χ0n) is 8.18. The van der Waals surface area contributed by atoms with E-state index in [1.807, 2.05) is 11.3 Å². The van der Waals surface area contributed by atoms with E-state index in [0.717, 1.165) is 6.54 Å². The molecular weight excluding hydrogens is 178 g/mol. The molecule has 0 saturated heterocycles. The average molecular weight is 195 g/mol. The Morgan fingerprint density at radius 2 is 2.23 bits per heavy atom. The monoisotopic (exact) mass is 195 g/mol. The Morgan fingerprint density at radius 1 is 1.46 bits per heavy atom. The van der Waals surface area contributed by atoms with Gasteiger partial charge in [0.1, 0.15) is 0 Å². The van der Waals surface area contributed by atoms with Crippen LogP contribution in [0.25, 0.3) is 0 Å². The average Bonchev–Trinajstić information content (AvgIpc) is 2.60. The summed E-state index contributed by atoms with van der Waals surface area (Å²) < 4.78 is 0. The molecule has 1 unspecified atom stereocenters. The maximum Gasteiger partial charge on any atom is 0.00801 e. The van der Waals surface area contributed by atoms with Crippen LogP contribution in [-0.2, 0) is 12.8 Å². The Balaban J connectivity index is 2.31. The number of fused-ring (bicyclic) bond motifs is 1. The van der Waals surface area contributed by atoms with Gasteiger partial charge in [0.2, 0.25) is 0 Å². The van der Waals surface area contributed by atoms with Crippen molar-refractivity contribution in [2.75, 3.05) is 6.54 Å². The van der Waals surface area contributed by atoms with Crippen LogP contribution in [0.1, 0.15) is 41.7 Å². The van der Waals surface area contributed by atoms with Gasteiger partial charge in [-0.2, -0.15) is 0 Å². The molecular formula is C11H17NS. The zero-order chi connectivity index (χ0) is 9.26. The standard InChI is InChI=1S/C11H17NS/c1-8(6-12)10-7-13-11-5-3-2-4-9(10)11/h7-8H,2-6,12H2,1H3. The van der Waals surface area contributed by atoms with Crippen molar-refractivity contribution in [3.63, 3.8) is 0 Å². The highest BCUT2D eigenvalue weighted by Crippen LogP contribution is 2.33. The van der Waals surface area contributed by atoms with Crippen LogP contribution in [-0.4, -0.2) is 6.54 Å². The molecule has 0 spiro atoms. The van der Waals surface area contributed by atoms with E-state index in [9.17, 15) is 0 Å². The summed E-state index contributed by atoms with van der Waals surface area (Å²) in [4.78, 5) is 1.63. The van der Waals surface area contributed by atoms with Gasteiger partial charge in [-0.05, 0) is 54.7 Å². The second-order valence-corrected chi connectivity index (χ2v) is 4.90. The second kappa shape index (κ2) is 3.81. The Labute approximate surface area is 84.0 Å². The topological polar surface area (TPSA) is 26.0 Å². The summed E-state index contributed by atoms with van der Waals surface area (Å²) in [7, 11) is 0. The minimum Gasteiger partial charge on any atom is -0.330 e. The summed E-state index contributed by atoms with van der Waals surface area (Å²) >= 11 is 1.94. The van der Waals surface area contributed by atoms with E-state index in [2.05, 4.69) is 12.3 Å². The first-order valence-electron chi connectivity index (χ1n) is 5.12. The molecule has 2 rings (SSSR count). The lowest BCUT2D eigenvalue weighted by Gasteiger charge is -2.15. The number of nitrogens with two attached hydrogens (primary N) is 1. The van der Waals surface area contributed by atoms with Crippen molar-refractivity contribution in [2.24, 2.45) is 5.73 Å². The van der Waals surface area contributed by atoms with Crippen LogP contribution in [0.15, 0.2) is 5.38 Å². The smallest absolute Gasteiger partial charge is 0.00801 e. The molecule has 0 amide bonds. The number of aryl methyl sites for hydroxylation is 1. The number of thiophene rings is 1. The molecule has 0 saturated carbocycles. The normalized spacial score (nSPS) is 18.3. The van der Waals surface area contributed by atoms with Crippen molar-refractivity contribution >= 4 is 11.3 Å². The third-order valence-electron chi connectivity index (χ3n) is 2.98. The molecule has 13 heavy (non-hydrogen) atoms. The van der Waals surface area contributed by atoms with Crippen LogP contribution in [0.5, 0.6) is 0 Å². The third kappa shape index (κ3) is 1.65. The van der Waals surface area contributed by atoms with Crippen molar-refractivity contribution in [3.8, 4) is 0 Å². The predicted molar refractivity (Wildman–Crippen MR) is 58.4 cm³/mol. The maximum atomic E-state index is 5.70. The van der Waals surface area contributed by atoms with Crippen LogP contribution >= 0.6 is 11.3 Å². The van der Waals surface area contributed by atoms with Crippen LogP contribution in [0.4, 0.5) is 0 Å². The van der Waals surface area contributed by atoms with Gasteiger partial charge >= 0.3 is 0 Å². The Morgan fingerprint density at radius 3 is 3.00 bits per heavy atom. The lowest BCUT2D eigenvalue weighted by atomic mass is 9.91. The van der Waals surface area contributed by atoms with E-state index >= 15 is 0 Å². The van der Waals surface area contributed by atoms with Gasteiger partial charge in [-0.15, -0.1) is 11.3 Å². The largest absolute Gasteiger partial charge is 0.330 e. The van der Waals surface area contributed by atoms with Crippen molar-refractivity contribution < 1.29 is 0 Å². The van der Waals surface area contributed by atoms with Crippen LogP contribution in [0.2, 0.25) is 0 Å². The third-order valence-corrected chi connectivity index (χ3v) is 4.09. The molecule has 0 aromatic carbocycles. The van der Waals surface area contributed by atoms with E-state index in [1.54, 1.807) is 10.4 Å². The number of hydrogen-bond acceptors (Lipinski definition) is 2. The van der Waals surface area contributed by atoms with Gasteiger partial charge in [0.15, 0.2) is 0 Å². The van der Waals surface area contributed by atoms with Crippen LogP contribution in [0, 0.1) is 0 Å². The summed E-state index contributed by atoms with van der Waals surface area (Å²) in [5.41, 5.74) is 8.86. The fraction of sp³-hybridized carbons (Fsp3) is 0.636. The summed E-state index contributed by atoms with van der Waals surface area (Å²) in [6, 6.07) is 0. The Hall–Kier alpha value is -0.340. The highest BCUT2D eigenvalue weighted by Gasteiger charge is 2.17. The molecule has 0 bridgehead atoms. The molecule has 1 aliphatic rings. The first-order chi connectivity index (χ1) is 6.33. The molecule has 1 atom stereocenters. The van der Waals surface area contributed by atoms with Crippen molar-refractivity contribution in [1.29, 1.82) is 0 Å². The van der Waals surface area contributed by atoms with Gasteiger partial charge in [-0.25, -0.2) is 0 Å². The minimum atomic E-state index is 0.554. The summed E-state index contributed by atoms with van der Waals surface area (Å²) in [5.74, 6) is 0.554. The first-order valence-corrected chi connectivity index (χ1v) is 6.00. The molecule has 72 valence electrons. The van der Waals surface area contributed by atoms with E-state index in [0.29, 0.717) is 5.92 Å². The van der Waals surface area contributed by atoms with Crippen LogP contribution in [0.3, 0.4) is 0 Å². The lowest BCUT2D eigenvalue weighted by Crippen LogP contribution is -2.11. The van der Waals surface area contributed by atoms with Crippen molar-refractivity contribution in [1.82, 2.24) is 0 Å². The summed E-state index contributed by atoms with van der Waals surface area (Å²) in [6.07, 6.45) is 5.34. The predicted octanol–water partition coefficient (Wildman–Crippen LogP) is 2.69. The summed E-state index contributed by atoms with van der Waals surface area (Å²) in [6.45, 7) is 3.01. The fourth-order valence-electron chi connectivity index (χ4n) is 2.06. The van der Waals surface area contributed by atoms with E-state index in [1.165, 1.54) is 31.2 Å². The molecule has 0 aliphatic heterocycles. The van der Waals surface area contributed by atoms with E-state index in [4.69, 9.17) is 5.73 Å². The number of rotatable bonds is 2. The molecule has 1 heterocycles.